The first kappa shape index (κ1) is 16.2. The van der Waals surface area contributed by atoms with E-state index in [4.69, 9.17) is 11.6 Å². The van der Waals surface area contributed by atoms with Crippen LogP contribution < -0.4 is 5.43 Å². The molecule has 0 saturated heterocycles. The minimum absolute atomic E-state index is 0.312. The molecule has 0 aliphatic rings. The second-order valence-electron chi connectivity index (χ2n) is 5.06. The Morgan fingerprint density at radius 1 is 1.14 bits per heavy atom. The van der Waals surface area contributed by atoms with Gasteiger partial charge in [-0.15, -0.1) is 0 Å². The van der Waals surface area contributed by atoms with Gasteiger partial charge in [0.2, 0.25) is 0 Å². The van der Waals surface area contributed by atoms with Crippen molar-refractivity contribution < 1.29 is 4.79 Å². The molecule has 4 heteroatoms. The summed E-state index contributed by atoms with van der Waals surface area (Å²) in [6.45, 7) is 4.02. The van der Waals surface area contributed by atoms with Crippen LogP contribution in [0.5, 0.6) is 0 Å². The molecule has 2 rings (SSSR count). The lowest BCUT2D eigenvalue weighted by Crippen LogP contribution is -2.19. The Labute approximate surface area is 136 Å². The molecule has 0 saturated carbocycles. The zero-order valence-electron chi connectivity index (χ0n) is 12.8. The molecule has 0 fully saturated rings. The van der Waals surface area contributed by atoms with Crippen LogP contribution in [0.4, 0.5) is 0 Å². The maximum atomic E-state index is 12.0. The fraction of sp³-hybridized carbons (Fsp3) is 0.222. The van der Waals surface area contributed by atoms with E-state index in [2.05, 4.69) is 29.6 Å². The van der Waals surface area contributed by atoms with Crippen LogP contribution >= 0.6 is 11.6 Å². The first-order valence-corrected chi connectivity index (χ1v) is 7.68. The summed E-state index contributed by atoms with van der Waals surface area (Å²) in [5.74, 6) is -0.312. The quantitative estimate of drug-likeness (QED) is 0.643. The fourth-order valence-corrected chi connectivity index (χ4v) is 2.33. The number of hydrogen-bond acceptors (Lipinski definition) is 2. The maximum Gasteiger partial charge on any atom is 0.272 e. The minimum Gasteiger partial charge on any atom is -0.267 e. The summed E-state index contributed by atoms with van der Waals surface area (Å²) >= 11 is 5.99. The summed E-state index contributed by atoms with van der Waals surface area (Å²) in [5.41, 5.74) is 6.00. The summed E-state index contributed by atoms with van der Waals surface area (Å²) in [4.78, 5) is 12.0. The Kier molecular flexibility index (Phi) is 5.73. The molecule has 2 aromatic rings. The normalized spacial score (nSPS) is 11.3. The number of nitrogens with one attached hydrogen (secondary N) is 1. The van der Waals surface area contributed by atoms with Gasteiger partial charge in [0, 0.05) is 0 Å². The zero-order valence-corrected chi connectivity index (χ0v) is 13.5. The van der Waals surface area contributed by atoms with Crippen LogP contribution in [-0.2, 0) is 6.42 Å². The molecule has 0 atom stereocenters. The predicted molar refractivity (Wildman–Crippen MR) is 91.6 cm³/mol. The summed E-state index contributed by atoms with van der Waals surface area (Å²) in [7, 11) is 0. The highest BCUT2D eigenvalue weighted by atomic mass is 35.5. The van der Waals surface area contributed by atoms with Crippen LogP contribution in [0.25, 0.3) is 0 Å². The largest absolute Gasteiger partial charge is 0.272 e. The van der Waals surface area contributed by atoms with Gasteiger partial charge in [0.15, 0.2) is 0 Å². The Morgan fingerprint density at radius 3 is 2.45 bits per heavy atom. The lowest BCUT2D eigenvalue weighted by atomic mass is 10.1. The molecule has 0 aliphatic heterocycles. The van der Waals surface area contributed by atoms with Gasteiger partial charge in [-0.05, 0) is 36.6 Å². The van der Waals surface area contributed by atoms with Gasteiger partial charge in [-0.3, -0.25) is 4.79 Å². The van der Waals surface area contributed by atoms with E-state index < -0.39 is 0 Å². The second-order valence-corrected chi connectivity index (χ2v) is 5.47. The zero-order chi connectivity index (χ0) is 15.9. The van der Waals surface area contributed by atoms with E-state index in [1.54, 1.807) is 24.3 Å². The molecular weight excluding hydrogens is 296 g/mol. The Bertz CT molecular complexity index is 678. The van der Waals surface area contributed by atoms with Gasteiger partial charge in [0.05, 0.1) is 16.3 Å². The number of rotatable bonds is 5. The number of aryl methyl sites for hydroxylation is 1. The monoisotopic (exact) mass is 314 g/mol. The first-order valence-electron chi connectivity index (χ1n) is 7.30. The number of benzene rings is 2. The summed E-state index contributed by atoms with van der Waals surface area (Å²) < 4.78 is 0. The third-order valence-electron chi connectivity index (χ3n) is 3.35. The summed E-state index contributed by atoms with van der Waals surface area (Å²) in [5, 5.41) is 4.56. The van der Waals surface area contributed by atoms with Gasteiger partial charge in [-0.25, -0.2) is 5.43 Å². The first-order chi connectivity index (χ1) is 10.6. The maximum absolute atomic E-state index is 12.0. The highest BCUT2D eigenvalue weighted by Crippen LogP contribution is 2.14. The summed E-state index contributed by atoms with van der Waals surface area (Å²) in [6, 6.07) is 15.1. The van der Waals surface area contributed by atoms with Crippen LogP contribution in [0.3, 0.4) is 0 Å². The van der Waals surface area contributed by atoms with Crippen molar-refractivity contribution in [3.05, 3.63) is 70.2 Å². The number of nitrogens with zero attached hydrogens (tertiary/aromatic N) is 1. The lowest BCUT2D eigenvalue weighted by Gasteiger charge is -2.05. The van der Waals surface area contributed by atoms with Crippen LogP contribution in [-0.4, -0.2) is 11.6 Å². The second kappa shape index (κ2) is 7.76. The van der Waals surface area contributed by atoms with Gasteiger partial charge in [0.25, 0.3) is 5.91 Å². The van der Waals surface area contributed by atoms with Crippen LogP contribution in [0.2, 0.25) is 5.02 Å². The van der Waals surface area contributed by atoms with E-state index in [1.807, 2.05) is 19.1 Å². The molecule has 0 spiro atoms. The number of hydrogen-bond donors (Lipinski definition) is 1. The van der Waals surface area contributed by atoms with Gasteiger partial charge < -0.3 is 0 Å². The SMILES string of the molecule is CCCc1ccc(/C(C)=N/NC(=O)c2ccccc2Cl)cc1. The Hall–Kier alpha value is -2.13. The van der Waals surface area contributed by atoms with Gasteiger partial charge in [-0.2, -0.15) is 5.10 Å². The molecule has 0 bridgehead atoms. The Balaban J connectivity index is 2.06. The minimum atomic E-state index is -0.312. The average molecular weight is 315 g/mol. The molecule has 1 amide bonds. The van der Waals surface area contributed by atoms with Crippen molar-refractivity contribution in [2.75, 3.05) is 0 Å². The van der Waals surface area contributed by atoms with Crippen molar-refractivity contribution in [1.82, 2.24) is 5.43 Å². The molecule has 22 heavy (non-hydrogen) atoms. The van der Waals surface area contributed by atoms with E-state index in [9.17, 15) is 4.79 Å². The van der Waals surface area contributed by atoms with E-state index in [-0.39, 0.29) is 5.91 Å². The van der Waals surface area contributed by atoms with Gasteiger partial charge in [0.1, 0.15) is 0 Å². The molecule has 0 radical (unpaired) electrons. The van der Waals surface area contributed by atoms with Crippen LogP contribution in [0, 0.1) is 0 Å². The van der Waals surface area contributed by atoms with Crippen molar-refractivity contribution in [3.8, 4) is 0 Å². The molecule has 0 aromatic heterocycles. The van der Waals surface area contributed by atoms with Gasteiger partial charge >= 0.3 is 0 Å². The average Bonchev–Trinajstić information content (AvgIpc) is 2.54. The van der Waals surface area contributed by atoms with E-state index >= 15 is 0 Å². The summed E-state index contributed by atoms with van der Waals surface area (Å²) in [6.07, 6.45) is 2.19. The number of carbonyl (C=O) groups is 1. The third kappa shape index (κ3) is 4.18. The van der Waals surface area contributed by atoms with Crippen molar-refractivity contribution >= 4 is 23.2 Å². The lowest BCUT2D eigenvalue weighted by molar-refractivity contribution is 0.0955. The van der Waals surface area contributed by atoms with Crippen LogP contribution in [0.1, 0.15) is 41.8 Å². The highest BCUT2D eigenvalue weighted by molar-refractivity contribution is 6.33. The molecule has 0 aliphatic carbocycles. The topological polar surface area (TPSA) is 41.5 Å². The fourth-order valence-electron chi connectivity index (χ4n) is 2.11. The highest BCUT2D eigenvalue weighted by Gasteiger charge is 2.08. The third-order valence-corrected chi connectivity index (χ3v) is 3.68. The molecule has 0 unspecified atom stereocenters. The molecule has 0 heterocycles. The van der Waals surface area contributed by atoms with E-state index in [0.29, 0.717) is 10.6 Å². The molecule has 3 nitrogen and oxygen atoms in total. The van der Waals surface area contributed by atoms with Crippen molar-refractivity contribution in [2.45, 2.75) is 26.7 Å². The molecule has 1 N–H and O–H groups in total. The number of hydrazone groups is 1. The van der Waals surface area contributed by atoms with Crippen molar-refractivity contribution in [3.63, 3.8) is 0 Å². The number of amides is 1. The van der Waals surface area contributed by atoms with Crippen LogP contribution in [0.15, 0.2) is 53.6 Å². The van der Waals surface area contributed by atoms with E-state index in [0.717, 1.165) is 24.1 Å². The van der Waals surface area contributed by atoms with Crippen molar-refractivity contribution in [1.29, 1.82) is 0 Å². The van der Waals surface area contributed by atoms with Gasteiger partial charge in [-0.1, -0.05) is 61.3 Å². The molecule has 2 aromatic carbocycles. The van der Waals surface area contributed by atoms with Crippen molar-refractivity contribution in [2.24, 2.45) is 5.10 Å². The number of halogens is 1. The number of carbonyl (C=O) groups excluding carboxylic acids is 1. The standard InChI is InChI=1S/C18H19ClN2O/c1-3-6-14-9-11-15(12-10-14)13(2)20-21-18(22)16-7-4-5-8-17(16)19/h4-5,7-12H,3,6H2,1-2H3,(H,21,22)/b20-13+. The van der Waals surface area contributed by atoms with E-state index in [1.165, 1.54) is 5.56 Å². The predicted octanol–water partition coefficient (Wildman–Crippen LogP) is 4.45. The molecule has 114 valence electrons. The smallest absolute Gasteiger partial charge is 0.267 e. The molecular formula is C18H19ClN2O. The Morgan fingerprint density at radius 2 is 1.82 bits per heavy atom.